The third kappa shape index (κ3) is 2.91. The zero-order valence-corrected chi connectivity index (χ0v) is 14.8. The first kappa shape index (κ1) is 19.4. The van der Waals surface area contributed by atoms with E-state index in [0.717, 1.165) is 6.07 Å². The lowest BCUT2D eigenvalue weighted by atomic mass is 9.88. The fourth-order valence-corrected chi connectivity index (χ4v) is 3.71. The van der Waals surface area contributed by atoms with E-state index < -0.39 is 23.8 Å². The predicted octanol–water partition coefficient (Wildman–Crippen LogP) is 3.17. The third-order valence-corrected chi connectivity index (χ3v) is 5.02. The van der Waals surface area contributed by atoms with E-state index in [1.54, 1.807) is 6.92 Å². The summed E-state index contributed by atoms with van der Waals surface area (Å²) in [6, 6.07) is 3.93. The van der Waals surface area contributed by atoms with E-state index in [4.69, 9.17) is 0 Å². The molecule has 1 heterocycles. The molecule has 0 spiro atoms. The van der Waals surface area contributed by atoms with Crippen molar-refractivity contribution >= 4 is 11.5 Å². The highest BCUT2D eigenvalue weighted by molar-refractivity contribution is 5.97. The van der Waals surface area contributed by atoms with Crippen molar-refractivity contribution in [3.05, 3.63) is 65.3 Å². The van der Waals surface area contributed by atoms with E-state index in [1.165, 1.54) is 35.3 Å². The molecule has 1 aliphatic heterocycles. The highest BCUT2D eigenvalue weighted by Gasteiger charge is 2.61. The molecule has 1 aromatic carbocycles. The fourth-order valence-electron chi connectivity index (χ4n) is 3.71. The van der Waals surface area contributed by atoms with Crippen LogP contribution in [0.2, 0.25) is 0 Å². The zero-order chi connectivity index (χ0) is 20.0. The van der Waals surface area contributed by atoms with Crippen LogP contribution in [0.15, 0.2) is 48.6 Å². The van der Waals surface area contributed by atoms with E-state index in [1.807, 2.05) is 0 Å². The molecule has 1 aromatic rings. The van der Waals surface area contributed by atoms with Gasteiger partial charge in [0.25, 0.3) is 5.91 Å². The lowest BCUT2D eigenvalue weighted by molar-refractivity contribution is -0.247. The van der Waals surface area contributed by atoms with Crippen molar-refractivity contribution in [2.75, 3.05) is 13.1 Å². The Bertz CT molecular complexity index is 857. The molecule has 1 aliphatic carbocycles. The number of benzene rings is 1. The van der Waals surface area contributed by atoms with E-state index in [2.05, 4.69) is 6.58 Å². The summed E-state index contributed by atoms with van der Waals surface area (Å²) in [5.74, 6) is -0.474. The molecule has 2 atom stereocenters. The molecule has 144 valence electrons. The smallest absolute Gasteiger partial charge is 0.391 e. The van der Waals surface area contributed by atoms with Crippen LogP contribution >= 0.6 is 0 Å². The summed E-state index contributed by atoms with van der Waals surface area (Å²) in [7, 11) is 0. The topological polar surface area (TPSA) is 60.8 Å². The van der Waals surface area contributed by atoms with Crippen molar-refractivity contribution in [2.24, 2.45) is 0 Å². The number of fused-ring (bicyclic) bond motifs is 1. The Morgan fingerprint density at radius 1 is 1.41 bits per heavy atom. The summed E-state index contributed by atoms with van der Waals surface area (Å²) in [5, 5.41) is 20.3. The number of likely N-dealkylation sites (tertiary alicyclic amines) is 1. The summed E-state index contributed by atoms with van der Waals surface area (Å²) in [6.45, 7) is 5.61. The number of aliphatic hydroxyl groups is 2. The van der Waals surface area contributed by atoms with Gasteiger partial charge in [-0.25, -0.2) is 0 Å². The highest BCUT2D eigenvalue weighted by Crippen LogP contribution is 2.54. The van der Waals surface area contributed by atoms with E-state index in [0.29, 0.717) is 13.0 Å². The maximum absolute atomic E-state index is 13.9. The number of amides is 1. The first-order valence-corrected chi connectivity index (χ1v) is 8.56. The number of carbonyl (C=O) groups is 1. The standard InChI is InChI=1S/C20H20F3NO3/c1-3-5-16-14(4-2)15-7-6-12(18(26)24-9-8-13(25)11-24)10-17(15)19(16,27)20(21,22)23/h3-7,10,13,25,27H,2,8-9,11H2,1H3/b5-3-. The molecule has 3 rings (SSSR count). The van der Waals surface area contributed by atoms with Crippen molar-refractivity contribution in [3.63, 3.8) is 0 Å². The van der Waals surface area contributed by atoms with E-state index in [-0.39, 0.29) is 34.4 Å². The summed E-state index contributed by atoms with van der Waals surface area (Å²) in [6.07, 6.45) is -1.28. The van der Waals surface area contributed by atoms with Crippen molar-refractivity contribution in [1.82, 2.24) is 4.90 Å². The first-order chi connectivity index (χ1) is 12.6. The Morgan fingerprint density at radius 3 is 2.63 bits per heavy atom. The Labute approximate surface area is 154 Å². The largest absolute Gasteiger partial charge is 0.425 e. The zero-order valence-electron chi connectivity index (χ0n) is 14.8. The van der Waals surface area contributed by atoms with Gasteiger partial charge >= 0.3 is 6.18 Å². The van der Waals surface area contributed by atoms with Crippen LogP contribution in [0, 0.1) is 0 Å². The number of alkyl halides is 3. The fraction of sp³-hybridized carbons (Fsp3) is 0.350. The molecule has 27 heavy (non-hydrogen) atoms. The summed E-state index contributed by atoms with van der Waals surface area (Å²) < 4.78 is 41.7. The second kappa shape index (κ2) is 6.65. The van der Waals surface area contributed by atoms with Gasteiger partial charge in [0.1, 0.15) is 0 Å². The lowest BCUT2D eigenvalue weighted by Crippen LogP contribution is -2.42. The third-order valence-electron chi connectivity index (χ3n) is 5.02. The van der Waals surface area contributed by atoms with Crippen molar-refractivity contribution in [2.45, 2.75) is 31.2 Å². The molecule has 4 nitrogen and oxygen atoms in total. The Balaban J connectivity index is 2.14. The Morgan fingerprint density at radius 2 is 2.11 bits per heavy atom. The number of β-amino-alcohol motifs (C(OH)–C–C–N with tert-alkyl or cyclic N) is 1. The van der Waals surface area contributed by atoms with Crippen LogP contribution in [0.1, 0.15) is 34.8 Å². The predicted molar refractivity (Wildman–Crippen MR) is 94.9 cm³/mol. The van der Waals surface area contributed by atoms with Gasteiger partial charge in [0.05, 0.1) is 6.10 Å². The van der Waals surface area contributed by atoms with Gasteiger partial charge in [0.15, 0.2) is 0 Å². The van der Waals surface area contributed by atoms with Gasteiger partial charge in [0.2, 0.25) is 5.60 Å². The Hall–Kier alpha value is -2.38. The molecule has 2 unspecified atom stereocenters. The van der Waals surface area contributed by atoms with Crippen LogP contribution in [0.25, 0.3) is 5.57 Å². The summed E-state index contributed by atoms with van der Waals surface area (Å²) in [4.78, 5) is 14.0. The second-order valence-corrected chi connectivity index (χ2v) is 6.69. The number of hydrogen-bond acceptors (Lipinski definition) is 3. The number of halogens is 3. The molecular weight excluding hydrogens is 359 g/mol. The molecule has 2 N–H and O–H groups in total. The van der Waals surface area contributed by atoms with Gasteiger partial charge in [-0.1, -0.05) is 30.9 Å². The average Bonchev–Trinajstić information content (AvgIpc) is 3.15. The number of rotatable bonds is 3. The van der Waals surface area contributed by atoms with Gasteiger partial charge in [-0.3, -0.25) is 4.79 Å². The second-order valence-electron chi connectivity index (χ2n) is 6.69. The van der Waals surface area contributed by atoms with Gasteiger partial charge in [-0.05, 0) is 36.6 Å². The molecule has 0 aromatic heterocycles. The molecule has 0 bridgehead atoms. The molecule has 0 radical (unpaired) electrons. The molecule has 1 saturated heterocycles. The highest BCUT2D eigenvalue weighted by atomic mass is 19.4. The molecule has 2 aliphatic rings. The van der Waals surface area contributed by atoms with Gasteiger partial charge in [-0.15, -0.1) is 0 Å². The maximum atomic E-state index is 13.9. The van der Waals surface area contributed by atoms with Crippen LogP contribution in [-0.4, -0.2) is 46.4 Å². The number of aliphatic hydroxyl groups excluding tert-OH is 1. The lowest BCUT2D eigenvalue weighted by Gasteiger charge is -2.29. The maximum Gasteiger partial charge on any atom is 0.425 e. The quantitative estimate of drug-likeness (QED) is 0.848. The van der Waals surface area contributed by atoms with Crippen LogP contribution < -0.4 is 0 Å². The summed E-state index contributed by atoms with van der Waals surface area (Å²) in [5.41, 5.74) is -3.52. The van der Waals surface area contributed by atoms with Crippen LogP contribution in [0.5, 0.6) is 0 Å². The minimum atomic E-state index is -4.98. The normalized spacial score (nSPS) is 25.4. The molecule has 1 fully saturated rings. The minimum absolute atomic E-state index is 0.0377. The van der Waals surface area contributed by atoms with E-state index in [9.17, 15) is 28.2 Å². The number of allylic oxidation sites excluding steroid dienone is 3. The SMILES string of the molecule is C=CC1=C(/C=C\C)C(O)(C(F)(F)F)c2cc(C(=O)N3CCC(O)C3)ccc21. The first-order valence-electron chi connectivity index (χ1n) is 8.56. The molecule has 1 amide bonds. The Kier molecular flexibility index (Phi) is 4.78. The van der Waals surface area contributed by atoms with Crippen molar-refractivity contribution in [3.8, 4) is 0 Å². The number of hydrogen-bond donors (Lipinski definition) is 2. The number of nitrogens with zero attached hydrogens (tertiary/aromatic N) is 1. The number of carbonyl (C=O) groups excluding carboxylic acids is 1. The van der Waals surface area contributed by atoms with Crippen LogP contribution in [0.4, 0.5) is 13.2 Å². The van der Waals surface area contributed by atoms with Crippen LogP contribution in [0.3, 0.4) is 0 Å². The molecular formula is C20H20F3NO3. The van der Waals surface area contributed by atoms with Gasteiger partial charge in [0, 0.05) is 29.8 Å². The monoisotopic (exact) mass is 379 g/mol. The minimum Gasteiger partial charge on any atom is -0.391 e. The molecule has 7 heteroatoms. The summed E-state index contributed by atoms with van der Waals surface area (Å²) >= 11 is 0. The molecule has 0 saturated carbocycles. The van der Waals surface area contributed by atoms with Crippen molar-refractivity contribution < 1.29 is 28.2 Å². The van der Waals surface area contributed by atoms with E-state index >= 15 is 0 Å². The van der Waals surface area contributed by atoms with Gasteiger partial charge < -0.3 is 15.1 Å². The van der Waals surface area contributed by atoms with Gasteiger partial charge in [-0.2, -0.15) is 13.2 Å². The van der Waals surface area contributed by atoms with Crippen molar-refractivity contribution in [1.29, 1.82) is 0 Å². The average molecular weight is 379 g/mol. The van der Waals surface area contributed by atoms with Crippen LogP contribution in [-0.2, 0) is 5.60 Å².